The smallest absolute Gasteiger partial charge is 0.153 e. The van der Waals surface area contributed by atoms with Crippen molar-refractivity contribution in [2.75, 3.05) is 0 Å². The van der Waals surface area contributed by atoms with Crippen molar-refractivity contribution < 1.29 is 4.79 Å². The van der Waals surface area contributed by atoms with E-state index in [4.69, 9.17) is 0 Å². The van der Waals surface area contributed by atoms with Gasteiger partial charge in [0, 0.05) is 17.1 Å². The first-order chi connectivity index (χ1) is 9.69. The molecule has 0 unspecified atom stereocenters. The molecule has 2 heterocycles. The maximum Gasteiger partial charge on any atom is 0.153 e. The first-order valence-corrected chi connectivity index (χ1v) is 7.28. The van der Waals surface area contributed by atoms with Gasteiger partial charge in [0.1, 0.15) is 5.69 Å². The van der Waals surface area contributed by atoms with Crippen LogP contribution in [0.5, 0.6) is 0 Å². The minimum atomic E-state index is 0.615. The zero-order valence-corrected chi connectivity index (χ0v) is 12.1. The first kappa shape index (κ1) is 12.8. The Bertz CT molecular complexity index is 757. The molecular weight excluding hydrogens is 268 g/mol. The zero-order valence-electron chi connectivity index (χ0n) is 11.3. The number of aryl methyl sites for hydroxylation is 2. The van der Waals surface area contributed by atoms with Gasteiger partial charge in [-0.15, -0.1) is 0 Å². The number of thiophene rings is 1. The van der Waals surface area contributed by atoms with E-state index >= 15 is 0 Å². The van der Waals surface area contributed by atoms with Crippen molar-refractivity contribution >= 4 is 17.6 Å². The Morgan fingerprint density at radius 1 is 1.25 bits per heavy atom. The number of hydrogen-bond acceptors (Lipinski definition) is 3. The average Bonchev–Trinajstić information content (AvgIpc) is 3.09. The topological polar surface area (TPSA) is 34.9 Å². The molecule has 0 aliphatic heterocycles. The molecule has 0 radical (unpaired) electrons. The summed E-state index contributed by atoms with van der Waals surface area (Å²) in [6, 6.07) is 8.20. The van der Waals surface area contributed by atoms with Crippen LogP contribution in [0.25, 0.3) is 16.9 Å². The Balaban J connectivity index is 2.16. The maximum absolute atomic E-state index is 11.3. The number of nitrogens with zero attached hydrogens (tertiary/aromatic N) is 2. The van der Waals surface area contributed by atoms with E-state index in [1.165, 1.54) is 5.56 Å². The molecule has 0 fully saturated rings. The van der Waals surface area contributed by atoms with Crippen molar-refractivity contribution in [3.05, 3.63) is 57.9 Å². The van der Waals surface area contributed by atoms with Gasteiger partial charge in [-0.1, -0.05) is 12.1 Å². The Labute approximate surface area is 121 Å². The minimum Gasteiger partial charge on any atom is -0.298 e. The minimum absolute atomic E-state index is 0.615. The second-order valence-electron chi connectivity index (χ2n) is 4.80. The molecule has 0 spiro atoms. The van der Waals surface area contributed by atoms with E-state index in [2.05, 4.69) is 23.3 Å². The summed E-state index contributed by atoms with van der Waals surface area (Å²) in [6.07, 6.45) is 2.66. The van der Waals surface area contributed by atoms with E-state index in [1.54, 1.807) is 22.2 Å². The molecule has 0 bridgehead atoms. The molecule has 4 heteroatoms. The lowest BCUT2D eigenvalue weighted by Crippen LogP contribution is -1.98. The number of carbonyl (C=O) groups is 1. The molecule has 0 atom stereocenters. The molecule has 100 valence electrons. The first-order valence-electron chi connectivity index (χ1n) is 6.34. The summed E-state index contributed by atoms with van der Waals surface area (Å²) in [6.45, 7) is 4.09. The summed E-state index contributed by atoms with van der Waals surface area (Å²) in [4.78, 5) is 11.3. The van der Waals surface area contributed by atoms with Crippen LogP contribution in [-0.2, 0) is 0 Å². The van der Waals surface area contributed by atoms with Crippen LogP contribution in [0.2, 0.25) is 0 Å². The predicted molar refractivity (Wildman–Crippen MR) is 81.7 cm³/mol. The zero-order chi connectivity index (χ0) is 14.1. The van der Waals surface area contributed by atoms with Gasteiger partial charge >= 0.3 is 0 Å². The fourth-order valence-corrected chi connectivity index (χ4v) is 2.83. The SMILES string of the molecule is Cc1ccc(C)c(-n2cc(C=O)c(-c3ccsc3)n2)c1. The van der Waals surface area contributed by atoms with Gasteiger partial charge in [0.05, 0.1) is 11.3 Å². The maximum atomic E-state index is 11.3. The van der Waals surface area contributed by atoms with Crippen molar-refractivity contribution in [1.29, 1.82) is 0 Å². The summed E-state index contributed by atoms with van der Waals surface area (Å²) >= 11 is 1.60. The molecule has 3 aromatic rings. The highest BCUT2D eigenvalue weighted by molar-refractivity contribution is 7.08. The van der Waals surface area contributed by atoms with Gasteiger partial charge in [0.2, 0.25) is 0 Å². The van der Waals surface area contributed by atoms with Crippen LogP contribution in [0.3, 0.4) is 0 Å². The van der Waals surface area contributed by atoms with Crippen LogP contribution >= 0.6 is 11.3 Å². The average molecular weight is 282 g/mol. The predicted octanol–water partition coefficient (Wildman–Crippen LogP) is 4.03. The summed E-state index contributed by atoms with van der Waals surface area (Å²) < 4.78 is 1.79. The van der Waals surface area contributed by atoms with Gasteiger partial charge in [-0.25, -0.2) is 4.68 Å². The number of benzene rings is 1. The highest BCUT2D eigenvalue weighted by atomic mass is 32.1. The molecule has 1 aromatic carbocycles. The molecule has 0 saturated heterocycles. The lowest BCUT2D eigenvalue weighted by Gasteiger charge is -2.06. The van der Waals surface area contributed by atoms with Gasteiger partial charge in [0.25, 0.3) is 0 Å². The number of hydrogen-bond donors (Lipinski definition) is 0. The van der Waals surface area contributed by atoms with Crippen molar-refractivity contribution in [2.45, 2.75) is 13.8 Å². The molecule has 20 heavy (non-hydrogen) atoms. The van der Waals surface area contributed by atoms with Crippen LogP contribution in [0.1, 0.15) is 21.5 Å². The van der Waals surface area contributed by atoms with Crippen molar-refractivity contribution in [2.24, 2.45) is 0 Å². The third kappa shape index (κ3) is 2.18. The quantitative estimate of drug-likeness (QED) is 0.680. The highest BCUT2D eigenvalue weighted by Gasteiger charge is 2.13. The Hall–Kier alpha value is -2.20. The molecular formula is C16H14N2OS. The van der Waals surface area contributed by atoms with E-state index in [0.717, 1.165) is 28.8 Å². The fraction of sp³-hybridized carbons (Fsp3) is 0.125. The molecule has 0 aliphatic carbocycles. The van der Waals surface area contributed by atoms with Crippen LogP contribution in [0, 0.1) is 13.8 Å². The molecule has 0 N–H and O–H groups in total. The normalized spacial score (nSPS) is 10.7. The van der Waals surface area contributed by atoms with Gasteiger partial charge in [-0.3, -0.25) is 4.79 Å². The van der Waals surface area contributed by atoms with Gasteiger partial charge in [-0.05, 0) is 42.5 Å². The number of carbonyl (C=O) groups excluding carboxylic acids is 1. The summed E-state index contributed by atoms with van der Waals surface area (Å²) in [5, 5.41) is 8.58. The van der Waals surface area contributed by atoms with Gasteiger partial charge in [0.15, 0.2) is 6.29 Å². The second kappa shape index (κ2) is 5.06. The highest BCUT2D eigenvalue weighted by Crippen LogP contribution is 2.25. The lowest BCUT2D eigenvalue weighted by molar-refractivity contribution is 0.112. The molecule has 3 nitrogen and oxygen atoms in total. The number of aldehydes is 1. The summed E-state index contributed by atoms with van der Waals surface area (Å²) in [5.41, 5.74) is 5.65. The van der Waals surface area contributed by atoms with Crippen LogP contribution in [0.4, 0.5) is 0 Å². The lowest BCUT2D eigenvalue weighted by atomic mass is 10.1. The van der Waals surface area contributed by atoms with Crippen molar-refractivity contribution in [3.63, 3.8) is 0 Å². The van der Waals surface area contributed by atoms with Gasteiger partial charge < -0.3 is 0 Å². The van der Waals surface area contributed by atoms with Crippen LogP contribution < -0.4 is 0 Å². The molecule has 0 amide bonds. The van der Waals surface area contributed by atoms with Crippen molar-refractivity contribution in [1.82, 2.24) is 9.78 Å². The summed E-state index contributed by atoms with van der Waals surface area (Å²) in [5.74, 6) is 0. The monoisotopic (exact) mass is 282 g/mol. The fourth-order valence-electron chi connectivity index (χ4n) is 2.19. The summed E-state index contributed by atoms with van der Waals surface area (Å²) in [7, 11) is 0. The van der Waals surface area contributed by atoms with Crippen LogP contribution in [-0.4, -0.2) is 16.1 Å². The van der Waals surface area contributed by atoms with Gasteiger partial charge in [-0.2, -0.15) is 16.4 Å². The Kier molecular flexibility index (Phi) is 3.24. The second-order valence-corrected chi connectivity index (χ2v) is 5.58. The largest absolute Gasteiger partial charge is 0.298 e. The number of aromatic nitrogens is 2. The van der Waals surface area contributed by atoms with Crippen LogP contribution in [0.15, 0.2) is 41.2 Å². The molecule has 2 aromatic heterocycles. The molecule has 0 aliphatic rings. The Morgan fingerprint density at radius 3 is 2.80 bits per heavy atom. The molecule has 3 rings (SSSR count). The Morgan fingerprint density at radius 2 is 2.10 bits per heavy atom. The standard InChI is InChI=1S/C16H14N2OS/c1-11-3-4-12(2)15(7-11)18-8-14(9-19)16(17-18)13-5-6-20-10-13/h3-10H,1-2H3. The van der Waals surface area contributed by atoms with E-state index in [1.807, 2.05) is 30.7 Å². The van der Waals surface area contributed by atoms with E-state index in [0.29, 0.717) is 5.56 Å². The number of rotatable bonds is 3. The van der Waals surface area contributed by atoms with E-state index < -0.39 is 0 Å². The molecule has 0 saturated carbocycles. The van der Waals surface area contributed by atoms with E-state index in [-0.39, 0.29) is 0 Å². The van der Waals surface area contributed by atoms with Crippen molar-refractivity contribution in [3.8, 4) is 16.9 Å². The third-order valence-corrected chi connectivity index (χ3v) is 3.96. The third-order valence-electron chi connectivity index (χ3n) is 3.28. The van der Waals surface area contributed by atoms with E-state index in [9.17, 15) is 4.79 Å².